The molecule has 0 radical (unpaired) electrons. The maximum Gasteiger partial charge on any atom is 0.336 e. The van der Waals surface area contributed by atoms with Gasteiger partial charge in [-0.05, 0) is 29.5 Å². The largest absolute Gasteiger partial charge is 0.423 e. The molecule has 0 saturated heterocycles. The van der Waals surface area contributed by atoms with Gasteiger partial charge in [0.05, 0.1) is 19.0 Å². The van der Waals surface area contributed by atoms with Crippen LogP contribution in [0.25, 0.3) is 11.0 Å². The van der Waals surface area contributed by atoms with E-state index in [0.29, 0.717) is 11.6 Å². The molecular formula is C20H26N2O2S+2. The van der Waals surface area contributed by atoms with Crippen molar-refractivity contribution in [3.8, 4) is 0 Å². The number of aryl methyl sites for hydroxylation is 1. The van der Waals surface area contributed by atoms with Crippen LogP contribution in [0.1, 0.15) is 29.0 Å². The summed E-state index contributed by atoms with van der Waals surface area (Å²) in [5, 5.41) is 5.46. The number of benzene rings is 1. The first-order valence-corrected chi connectivity index (χ1v) is 9.67. The molecule has 0 spiro atoms. The Kier molecular flexibility index (Phi) is 5.68. The molecule has 3 aromatic rings. The fourth-order valence-electron chi connectivity index (χ4n) is 3.19. The van der Waals surface area contributed by atoms with E-state index in [0.717, 1.165) is 30.5 Å². The summed E-state index contributed by atoms with van der Waals surface area (Å²) < 4.78 is 5.40. The van der Waals surface area contributed by atoms with Crippen LogP contribution in [0.15, 0.2) is 51.0 Å². The Morgan fingerprint density at radius 3 is 2.76 bits per heavy atom. The van der Waals surface area contributed by atoms with Crippen molar-refractivity contribution in [1.82, 2.24) is 0 Å². The Labute approximate surface area is 152 Å². The van der Waals surface area contributed by atoms with E-state index in [9.17, 15) is 4.79 Å². The lowest BCUT2D eigenvalue weighted by Gasteiger charge is -2.18. The van der Waals surface area contributed by atoms with E-state index in [2.05, 4.69) is 56.0 Å². The average Bonchev–Trinajstić information content (AvgIpc) is 3.11. The van der Waals surface area contributed by atoms with Gasteiger partial charge in [0.1, 0.15) is 18.7 Å². The number of thiophene rings is 1. The molecule has 2 aromatic heterocycles. The average molecular weight is 359 g/mol. The molecule has 0 aliphatic carbocycles. The fraction of sp³-hybridized carbons (Fsp3) is 0.350. The number of hydrogen-bond acceptors (Lipinski definition) is 3. The first-order valence-electron chi connectivity index (χ1n) is 8.79. The molecule has 0 aliphatic heterocycles. The molecule has 3 rings (SSSR count). The van der Waals surface area contributed by atoms with Crippen molar-refractivity contribution in [3.05, 3.63) is 68.2 Å². The van der Waals surface area contributed by atoms with E-state index in [1.54, 1.807) is 6.07 Å². The standard InChI is InChI=1S/C20H24N2O2S/c1-4-14-7-8-16-15(11-20(23)24-18(16)10-14)12-21-13-17(22(2)3)19-6-5-9-25-19/h5-11,17,21H,4,12-13H2,1-3H3/p+2/t17-/m1/s1. The van der Waals surface area contributed by atoms with Crippen LogP contribution >= 0.6 is 11.3 Å². The molecule has 4 nitrogen and oxygen atoms in total. The number of rotatable bonds is 7. The van der Waals surface area contributed by atoms with Crippen molar-refractivity contribution >= 4 is 22.3 Å². The van der Waals surface area contributed by atoms with Crippen molar-refractivity contribution in [2.24, 2.45) is 0 Å². The maximum atomic E-state index is 11.9. The van der Waals surface area contributed by atoms with Crippen LogP contribution in [-0.4, -0.2) is 20.6 Å². The van der Waals surface area contributed by atoms with Gasteiger partial charge in [-0.3, -0.25) is 0 Å². The molecule has 0 saturated carbocycles. The van der Waals surface area contributed by atoms with Crippen LogP contribution in [0.2, 0.25) is 0 Å². The van der Waals surface area contributed by atoms with Gasteiger partial charge in [-0.25, -0.2) is 4.79 Å². The smallest absolute Gasteiger partial charge is 0.336 e. The van der Waals surface area contributed by atoms with Crippen LogP contribution in [0.3, 0.4) is 0 Å². The van der Waals surface area contributed by atoms with Crippen molar-refractivity contribution in [1.29, 1.82) is 0 Å². The molecule has 0 amide bonds. The van der Waals surface area contributed by atoms with Gasteiger partial charge in [0, 0.05) is 17.0 Å². The second kappa shape index (κ2) is 7.95. The Morgan fingerprint density at radius 2 is 2.08 bits per heavy atom. The van der Waals surface area contributed by atoms with Crippen LogP contribution in [0, 0.1) is 0 Å². The molecule has 0 aliphatic rings. The number of hydrogen-bond donors (Lipinski definition) is 2. The van der Waals surface area contributed by atoms with Crippen molar-refractivity contribution in [3.63, 3.8) is 0 Å². The van der Waals surface area contributed by atoms with E-state index >= 15 is 0 Å². The lowest BCUT2D eigenvalue weighted by atomic mass is 10.1. The van der Waals surface area contributed by atoms with E-state index in [-0.39, 0.29) is 5.63 Å². The van der Waals surface area contributed by atoms with Gasteiger partial charge in [0.15, 0.2) is 6.04 Å². The highest BCUT2D eigenvalue weighted by Crippen LogP contribution is 2.19. The summed E-state index contributed by atoms with van der Waals surface area (Å²) in [6.45, 7) is 3.87. The lowest BCUT2D eigenvalue weighted by Crippen LogP contribution is -3.09. The number of nitrogens with one attached hydrogen (secondary N) is 1. The highest BCUT2D eigenvalue weighted by Gasteiger charge is 2.21. The van der Waals surface area contributed by atoms with Crippen molar-refractivity contribution in [2.45, 2.75) is 25.9 Å². The van der Waals surface area contributed by atoms with E-state index in [4.69, 9.17) is 4.42 Å². The molecule has 0 bridgehead atoms. The zero-order valence-corrected chi connectivity index (χ0v) is 15.9. The molecule has 1 atom stereocenters. The fourth-order valence-corrected chi connectivity index (χ4v) is 4.16. The minimum absolute atomic E-state index is 0.266. The van der Waals surface area contributed by atoms with Gasteiger partial charge in [-0.15, -0.1) is 11.3 Å². The monoisotopic (exact) mass is 358 g/mol. The van der Waals surface area contributed by atoms with Crippen LogP contribution in [0.5, 0.6) is 0 Å². The van der Waals surface area contributed by atoms with E-state index < -0.39 is 0 Å². The zero-order valence-electron chi connectivity index (χ0n) is 15.0. The summed E-state index contributed by atoms with van der Waals surface area (Å²) in [4.78, 5) is 14.7. The number of fused-ring (bicyclic) bond motifs is 1. The van der Waals surface area contributed by atoms with E-state index in [1.165, 1.54) is 15.3 Å². The number of nitrogens with two attached hydrogens (primary N) is 1. The van der Waals surface area contributed by atoms with Crippen molar-refractivity contribution < 1.29 is 14.6 Å². The Bertz CT molecular complexity index is 884. The van der Waals surface area contributed by atoms with E-state index in [1.807, 2.05) is 17.4 Å². The molecule has 3 N–H and O–H groups in total. The van der Waals surface area contributed by atoms with Crippen LogP contribution in [0.4, 0.5) is 0 Å². The lowest BCUT2D eigenvalue weighted by molar-refractivity contribution is -0.910. The van der Waals surface area contributed by atoms with Gasteiger partial charge in [0.25, 0.3) is 0 Å². The minimum atomic E-state index is -0.266. The first kappa shape index (κ1) is 17.9. The molecule has 0 unspecified atom stereocenters. The van der Waals surface area contributed by atoms with Gasteiger partial charge in [0.2, 0.25) is 0 Å². The summed E-state index contributed by atoms with van der Waals surface area (Å²) in [6, 6.07) is 12.6. The normalized spacial score (nSPS) is 12.8. The predicted octanol–water partition coefficient (Wildman–Crippen LogP) is 1.37. The predicted molar refractivity (Wildman–Crippen MR) is 102 cm³/mol. The second-order valence-corrected chi connectivity index (χ2v) is 7.63. The zero-order chi connectivity index (χ0) is 17.8. The Balaban J connectivity index is 1.77. The SMILES string of the molecule is CCc1ccc2c(C[NH2+]C[C@H](c3cccs3)[NH+](C)C)cc(=O)oc2c1. The number of likely N-dealkylation sites (N-methyl/N-ethyl adjacent to an activating group) is 1. The van der Waals surface area contributed by atoms with Gasteiger partial charge in [-0.2, -0.15) is 0 Å². The summed E-state index contributed by atoms with van der Waals surface area (Å²) in [7, 11) is 4.38. The third kappa shape index (κ3) is 4.18. The molecular weight excluding hydrogens is 332 g/mol. The van der Waals surface area contributed by atoms with Crippen LogP contribution < -0.4 is 15.8 Å². The van der Waals surface area contributed by atoms with Gasteiger partial charge in [-0.1, -0.05) is 25.1 Å². The first-order chi connectivity index (χ1) is 12.1. The third-order valence-electron chi connectivity index (χ3n) is 4.65. The highest BCUT2D eigenvalue weighted by molar-refractivity contribution is 7.10. The van der Waals surface area contributed by atoms with Crippen molar-refractivity contribution in [2.75, 3.05) is 20.6 Å². The molecule has 2 heterocycles. The van der Waals surface area contributed by atoms with Crippen LogP contribution in [-0.2, 0) is 13.0 Å². The minimum Gasteiger partial charge on any atom is -0.423 e. The Morgan fingerprint density at radius 1 is 1.24 bits per heavy atom. The molecule has 25 heavy (non-hydrogen) atoms. The summed E-state index contributed by atoms with van der Waals surface area (Å²) in [5.41, 5.74) is 2.67. The van der Waals surface area contributed by atoms with Gasteiger partial charge >= 0.3 is 5.63 Å². The quantitative estimate of drug-likeness (QED) is 0.627. The molecule has 5 heteroatoms. The summed E-state index contributed by atoms with van der Waals surface area (Å²) >= 11 is 1.81. The second-order valence-electron chi connectivity index (χ2n) is 6.65. The summed E-state index contributed by atoms with van der Waals surface area (Å²) in [6.07, 6.45) is 0.935. The topological polar surface area (TPSA) is 51.3 Å². The number of quaternary nitrogens is 2. The molecule has 0 fully saturated rings. The molecule has 1 aromatic carbocycles. The third-order valence-corrected chi connectivity index (χ3v) is 5.64. The maximum absolute atomic E-state index is 11.9. The highest BCUT2D eigenvalue weighted by atomic mass is 32.1. The van der Waals surface area contributed by atoms with Gasteiger partial charge < -0.3 is 14.6 Å². The molecule has 132 valence electrons. The summed E-state index contributed by atoms with van der Waals surface area (Å²) in [5.74, 6) is 0. The Hall–Kier alpha value is -1.95.